The van der Waals surface area contributed by atoms with E-state index in [0.29, 0.717) is 0 Å². The molecule has 5 nitrogen and oxygen atoms in total. The van der Waals surface area contributed by atoms with Crippen LogP contribution in [0.2, 0.25) is 0 Å². The summed E-state index contributed by atoms with van der Waals surface area (Å²) in [6.07, 6.45) is 6.22. The Kier molecular flexibility index (Phi) is 5.40. The van der Waals surface area contributed by atoms with Gasteiger partial charge in [-0.2, -0.15) is 0 Å². The minimum atomic E-state index is -1.16. The Bertz CT molecular complexity index is 952. The van der Waals surface area contributed by atoms with Gasteiger partial charge in [-0.15, -0.1) is 0 Å². The van der Waals surface area contributed by atoms with Crippen molar-refractivity contribution in [3.8, 4) is 0 Å². The first-order valence-corrected chi connectivity index (χ1v) is 14.0. The van der Waals surface area contributed by atoms with Crippen LogP contribution in [0.5, 0.6) is 0 Å². The molecular formula is C30H48O5. The Morgan fingerprint density at radius 2 is 1.49 bits per heavy atom. The Hall–Kier alpha value is -0.910. The number of aliphatic hydroxyl groups is 3. The van der Waals surface area contributed by atoms with Crippen LogP contribution in [-0.2, 0) is 4.79 Å². The highest BCUT2D eigenvalue weighted by atomic mass is 16.4. The summed E-state index contributed by atoms with van der Waals surface area (Å²) in [6.45, 7) is 15.6. The zero-order valence-corrected chi connectivity index (χ0v) is 22.9. The van der Waals surface area contributed by atoms with Crippen LogP contribution in [0.4, 0.5) is 0 Å². The first-order valence-electron chi connectivity index (χ1n) is 14.0. The molecule has 0 heterocycles. The van der Waals surface area contributed by atoms with E-state index in [1.165, 1.54) is 5.57 Å². The minimum absolute atomic E-state index is 0.0611. The van der Waals surface area contributed by atoms with Gasteiger partial charge in [-0.3, -0.25) is 4.79 Å². The molecule has 4 saturated carbocycles. The summed E-state index contributed by atoms with van der Waals surface area (Å²) in [5.74, 6) is -0.292. The van der Waals surface area contributed by atoms with Crippen molar-refractivity contribution in [1.29, 1.82) is 0 Å². The van der Waals surface area contributed by atoms with E-state index in [9.17, 15) is 25.2 Å². The number of hydrogen-bond donors (Lipinski definition) is 4. The number of fused-ring (bicyclic) bond motifs is 7. The molecule has 198 valence electrons. The number of hydrogen-bond acceptors (Lipinski definition) is 4. The van der Waals surface area contributed by atoms with E-state index < -0.39 is 40.5 Å². The third-order valence-corrected chi connectivity index (χ3v) is 13.2. The maximum Gasteiger partial charge on any atom is 0.310 e. The van der Waals surface area contributed by atoms with Gasteiger partial charge < -0.3 is 20.4 Å². The number of aliphatic hydroxyl groups excluding tert-OH is 3. The molecule has 5 aliphatic rings. The van der Waals surface area contributed by atoms with Crippen LogP contribution in [0.1, 0.15) is 99.8 Å². The van der Waals surface area contributed by atoms with Crippen molar-refractivity contribution in [3.05, 3.63) is 11.6 Å². The molecule has 4 fully saturated rings. The summed E-state index contributed by atoms with van der Waals surface area (Å²) >= 11 is 0. The molecule has 0 saturated heterocycles. The summed E-state index contributed by atoms with van der Waals surface area (Å²) in [5.41, 5.74) is -0.402. The molecule has 3 unspecified atom stereocenters. The molecule has 10 atom stereocenters. The van der Waals surface area contributed by atoms with Gasteiger partial charge in [-0.25, -0.2) is 0 Å². The first kappa shape index (κ1) is 25.7. The van der Waals surface area contributed by atoms with Gasteiger partial charge in [0.15, 0.2) is 0 Å². The maximum absolute atomic E-state index is 12.8. The summed E-state index contributed by atoms with van der Waals surface area (Å²) < 4.78 is 0. The van der Waals surface area contributed by atoms with Gasteiger partial charge >= 0.3 is 5.97 Å². The molecule has 0 amide bonds. The van der Waals surface area contributed by atoms with Gasteiger partial charge in [0.1, 0.15) is 6.10 Å². The van der Waals surface area contributed by atoms with Crippen LogP contribution in [-0.4, -0.2) is 44.7 Å². The summed E-state index contributed by atoms with van der Waals surface area (Å²) in [5, 5.41) is 43.9. The number of carboxylic acid groups (broad SMARTS) is 1. The number of allylic oxidation sites excluding steroid dienone is 2. The molecule has 0 aromatic carbocycles. The molecule has 4 N–H and O–H groups in total. The van der Waals surface area contributed by atoms with E-state index in [2.05, 4.69) is 54.5 Å². The molecule has 0 aromatic rings. The molecule has 0 aromatic heterocycles. The van der Waals surface area contributed by atoms with E-state index >= 15 is 0 Å². The van der Waals surface area contributed by atoms with Crippen molar-refractivity contribution >= 4 is 5.97 Å². The second-order valence-electron chi connectivity index (χ2n) is 15.2. The van der Waals surface area contributed by atoms with Crippen LogP contribution < -0.4 is 0 Å². The van der Waals surface area contributed by atoms with Gasteiger partial charge in [-0.05, 0) is 90.8 Å². The number of aliphatic carboxylic acids is 1. The van der Waals surface area contributed by atoms with Gasteiger partial charge in [-0.1, -0.05) is 60.1 Å². The molecular weight excluding hydrogens is 440 g/mol. The van der Waals surface area contributed by atoms with Crippen molar-refractivity contribution in [3.63, 3.8) is 0 Å². The topological polar surface area (TPSA) is 98.0 Å². The predicted octanol–water partition coefficient (Wildman–Crippen LogP) is 5.18. The van der Waals surface area contributed by atoms with E-state index in [-0.39, 0.29) is 34.0 Å². The van der Waals surface area contributed by atoms with Crippen LogP contribution in [0.3, 0.4) is 0 Å². The zero-order chi connectivity index (χ0) is 26.0. The molecule has 0 bridgehead atoms. The fourth-order valence-corrected chi connectivity index (χ4v) is 10.7. The average molecular weight is 489 g/mol. The average Bonchev–Trinajstić information content (AvgIpc) is 2.76. The third-order valence-electron chi connectivity index (χ3n) is 13.2. The molecule has 5 aliphatic carbocycles. The van der Waals surface area contributed by atoms with Gasteiger partial charge in [0.2, 0.25) is 0 Å². The van der Waals surface area contributed by atoms with Crippen LogP contribution in [0, 0.1) is 50.2 Å². The molecule has 35 heavy (non-hydrogen) atoms. The zero-order valence-electron chi connectivity index (χ0n) is 22.9. The summed E-state index contributed by atoms with van der Waals surface area (Å²) in [4.78, 5) is 12.8. The largest absolute Gasteiger partial charge is 0.481 e. The van der Waals surface area contributed by atoms with E-state index in [4.69, 9.17) is 0 Å². The van der Waals surface area contributed by atoms with Crippen molar-refractivity contribution < 1.29 is 25.2 Å². The SMILES string of the molecule is CC1(C)CC[C@]2(C(=O)O)CC[C@]3(C)C(=CCC4[C@]5(C)C(CC[C@]43C)C(C)(C)[C@@H](O)[C@@H](O)[C@H]5O)C2C1. The fourth-order valence-electron chi connectivity index (χ4n) is 10.7. The lowest BCUT2D eigenvalue weighted by Gasteiger charge is -2.72. The van der Waals surface area contributed by atoms with Gasteiger partial charge in [0, 0.05) is 5.41 Å². The number of rotatable bonds is 1. The number of carboxylic acids is 1. The molecule has 5 heteroatoms. The normalized spacial score (nSPS) is 54.4. The first-order chi connectivity index (χ1) is 16.0. The van der Waals surface area contributed by atoms with Crippen molar-refractivity contribution in [1.82, 2.24) is 0 Å². The molecule has 0 radical (unpaired) electrons. The number of carbonyl (C=O) groups is 1. The molecule has 5 rings (SSSR count). The smallest absolute Gasteiger partial charge is 0.310 e. The highest BCUT2D eigenvalue weighted by Crippen LogP contribution is 2.75. The Balaban J connectivity index is 1.63. The van der Waals surface area contributed by atoms with E-state index in [1.807, 2.05) is 0 Å². The van der Waals surface area contributed by atoms with Gasteiger partial charge in [0.05, 0.1) is 17.6 Å². The van der Waals surface area contributed by atoms with Gasteiger partial charge in [0.25, 0.3) is 0 Å². The molecule has 0 spiro atoms. The Morgan fingerprint density at radius 1 is 0.857 bits per heavy atom. The minimum Gasteiger partial charge on any atom is -0.481 e. The monoisotopic (exact) mass is 488 g/mol. The lowest BCUT2D eigenvalue weighted by Crippen LogP contribution is -2.72. The fraction of sp³-hybridized carbons (Fsp3) is 0.900. The second-order valence-corrected chi connectivity index (χ2v) is 15.2. The summed E-state index contributed by atoms with van der Waals surface area (Å²) in [7, 11) is 0. The standard InChI is InChI=1S/C30H48O5/c1-25(2)12-14-30(24(34)35)15-13-27(5)17(18(30)16-25)8-9-20-28(27,6)11-10-19-26(3,4)22(32)21(31)23(33)29(19,20)7/h8,18-23,31-33H,9-16H2,1-7H3,(H,34,35)/t18?,19?,20?,21-,22+,23-,27-,28-,29+,30+/m1/s1. The third kappa shape index (κ3) is 2.95. The quantitative estimate of drug-likeness (QED) is 0.382. The van der Waals surface area contributed by atoms with Crippen molar-refractivity contribution in [2.45, 2.75) is 118 Å². The second kappa shape index (κ2) is 7.35. The Labute approximate surface area is 211 Å². The lowest BCUT2D eigenvalue weighted by atomic mass is 9.33. The predicted molar refractivity (Wildman–Crippen MR) is 135 cm³/mol. The summed E-state index contributed by atoms with van der Waals surface area (Å²) in [6, 6.07) is 0. The lowest BCUT2D eigenvalue weighted by molar-refractivity contribution is -0.278. The highest BCUT2D eigenvalue weighted by molar-refractivity contribution is 5.76. The van der Waals surface area contributed by atoms with Crippen LogP contribution in [0.15, 0.2) is 11.6 Å². The maximum atomic E-state index is 12.8. The van der Waals surface area contributed by atoms with E-state index in [0.717, 1.165) is 51.4 Å². The molecule has 0 aliphatic heterocycles. The van der Waals surface area contributed by atoms with Crippen molar-refractivity contribution in [2.24, 2.45) is 50.2 Å². The highest BCUT2D eigenvalue weighted by Gasteiger charge is 2.72. The van der Waals surface area contributed by atoms with Crippen LogP contribution >= 0.6 is 0 Å². The van der Waals surface area contributed by atoms with Crippen molar-refractivity contribution in [2.75, 3.05) is 0 Å². The van der Waals surface area contributed by atoms with Crippen LogP contribution in [0.25, 0.3) is 0 Å². The van der Waals surface area contributed by atoms with E-state index in [1.54, 1.807) is 0 Å². The Morgan fingerprint density at radius 3 is 2.11 bits per heavy atom.